The van der Waals surface area contributed by atoms with Crippen LogP contribution in [0.2, 0.25) is 0 Å². The molecule has 0 unspecified atom stereocenters. The molecule has 11 heavy (non-hydrogen) atoms. The number of hydrogen-bond donors (Lipinski definition) is 1. The molecule has 0 aliphatic carbocycles. The van der Waals surface area contributed by atoms with E-state index in [4.69, 9.17) is 5.11 Å². The van der Waals surface area contributed by atoms with Crippen molar-refractivity contribution in [2.45, 2.75) is 0 Å². The molecule has 0 aliphatic rings. The molecule has 0 fully saturated rings. The van der Waals surface area contributed by atoms with Crippen molar-refractivity contribution in [3.63, 3.8) is 0 Å². The molecule has 0 spiro atoms. The number of carboxylic acid groups (broad SMARTS) is 1. The number of hydrogen-bond acceptors (Lipinski definition) is 2. The summed E-state index contributed by atoms with van der Waals surface area (Å²) in [5.41, 5.74) is -0.539. The Morgan fingerprint density at radius 1 is 1.64 bits per heavy atom. The third kappa shape index (κ3) is 2.33. The summed E-state index contributed by atoms with van der Waals surface area (Å²) in [6.07, 6.45) is 1.23. The maximum absolute atomic E-state index is 12.4. The van der Waals surface area contributed by atoms with Crippen LogP contribution in [0.4, 0.5) is 4.39 Å². The Bertz CT molecular complexity index is 267. The second-order valence-corrected chi connectivity index (χ2v) is 1.64. The molecule has 1 N–H and O–H groups in total. The van der Waals surface area contributed by atoms with Crippen molar-refractivity contribution < 1.29 is 14.3 Å². The fourth-order valence-corrected chi connectivity index (χ4v) is 0.543. The van der Waals surface area contributed by atoms with Gasteiger partial charge < -0.3 is 5.11 Å². The molecule has 0 amide bonds. The van der Waals surface area contributed by atoms with E-state index in [1.807, 2.05) is 0 Å². The molecule has 5 heteroatoms. The molecule has 1 aromatic heterocycles. The summed E-state index contributed by atoms with van der Waals surface area (Å²) < 4.78 is 12.4. The first kappa shape index (κ1) is 10.1. The molecular formula is C6H5FLiNO2. The van der Waals surface area contributed by atoms with Crippen molar-refractivity contribution in [1.82, 2.24) is 4.98 Å². The van der Waals surface area contributed by atoms with Gasteiger partial charge in [0.2, 0.25) is 0 Å². The van der Waals surface area contributed by atoms with Gasteiger partial charge in [-0.05, 0) is 12.1 Å². The minimum absolute atomic E-state index is 0. The number of halogens is 1. The normalized spacial score (nSPS) is 8.45. The van der Waals surface area contributed by atoms with E-state index >= 15 is 0 Å². The summed E-state index contributed by atoms with van der Waals surface area (Å²) in [7, 11) is 0. The Hall–Kier alpha value is -0.853. The molecule has 0 atom stereocenters. The van der Waals surface area contributed by atoms with Gasteiger partial charge in [0, 0.05) is 6.20 Å². The van der Waals surface area contributed by atoms with E-state index in [0.717, 1.165) is 6.07 Å². The molecule has 1 aromatic rings. The molecule has 0 aliphatic heterocycles. The van der Waals surface area contributed by atoms with E-state index in [9.17, 15) is 9.18 Å². The van der Waals surface area contributed by atoms with Crippen LogP contribution >= 0.6 is 0 Å². The van der Waals surface area contributed by atoms with Crippen LogP contribution < -0.4 is 0 Å². The monoisotopic (exact) mass is 149 g/mol. The Balaban J connectivity index is 0.000001000. The molecular weight excluding hydrogens is 144 g/mol. The van der Waals surface area contributed by atoms with Gasteiger partial charge in [0.1, 0.15) is 0 Å². The van der Waals surface area contributed by atoms with Crippen LogP contribution in [-0.2, 0) is 0 Å². The summed E-state index contributed by atoms with van der Waals surface area (Å²) in [6.45, 7) is 0. The van der Waals surface area contributed by atoms with Crippen LogP contribution in [0.1, 0.15) is 10.5 Å². The molecule has 0 bridgehead atoms. The average Bonchev–Trinajstić information content (AvgIpc) is 1.88. The third-order valence-electron chi connectivity index (χ3n) is 0.961. The number of aromatic carboxylic acids is 1. The zero-order chi connectivity index (χ0) is 7.56. The molecule has 0 saturated heterocycles. The zero-order valence-electron chi connectivity index (χ0n) is 4.91. The van der Waals surface area contributed by atoms with Gasteiger partial charge in [-0.2, -0.15) is 0 Å². The van der Waals surface area contributed by atoms with E-state index in [0.29, 0.717) is 0 Å². The Labute approximate surface area is 74.4 Å². The fourth-order valence-electron chi connectivity index (χ4n) is 0.543. The molecule has 54 valence electrons. The molecule has 0 saturated carbocycles. The van der Waals surface area contributed by atoms with Crippen molar-refractivity contribution >= 4 is 24.8 Å². The van der Waals surface area contributed by atoms with Gasteiger partial charge in [-0.15, -0.1) is 0 Å². The SMILES string of the molecule is O=C(O)c1ncccc1F.[LiH]. The summed E-state index contributed by atoms with van der Waals surface area (Å²) in [6, 6.07) is 2.39. The molecule has 3 nitrogen and oxygen atoms in total. The van der Waals surface area contributed by atoms with E-state index in [-0.39, 0.29) is 18.9 Å². The van der Waals surface area contributed by atoms with Gasteiger partial charge >= 0.3 is 24.8 Å². The van der Waals surface area contributed by atoms with Gasteiger partial charge in [-0.25, -0.2) is 14.2 Å². The van der Waals surface area contributed by atoms with Crippen LogP contribution in [0.3, 0.4) is 0 Å². The fraction of sp³-hybridized carbons (Fsp3) is 0. The van der Waals surface area contributed by atoms with E-state index in [1.54, 1.807) is 0 Å². The molecule has 1 heterocycles. The van der Waals surface area contributed by atoms with Crippen molar-refractivity contribution in [1.29, 1.82) is 0 Å². The summed E-state index contributed by atoms with van der Waals surface area (Å²) in [5, 5.41) is 8.26. The third-order valence-corrected chi connectivity index (χ3v) is 0.961. The van der Waals surface area contributed by atoms with Crippen molar-refractivity contribution in [2.75, 3.05) is 0 Å². The topological polar surface area (TPSA) is 50.2 Å². The van der Waals surface area contributed by atoms with E-state index in [2.05, 4.69) is 4.98 Å². The maximum atomic E-state index is 12.4. The molecule has 0 radical (unpaired) electrons. The van der Waals surface area contributed by atoms with Crippen LogP contribution in [0, 0.1) is 5.82 Å². The van der Waals surface area contributed by atoms with Gasteiger partial charge in [0.25, 0.3) is 0 Å². The van der Waals surface area contributed by atoms with Gasteiger partial charge in [-0.1, -0.05) is 0 Å². The standard InChI is InChI=1S/C6H4FNO2.Li.H/c7-4-2-1-3-8-5(4)6(9)10;;/h1-3H,(H,9,10);;. The minimum atomic E-state index is -1.35. The quantitative estimate of drug-likeness (QED) is 0.583. The van der Waals surface area contributed by atoms with Crippen LogP contribution in [0.25, 0.3) is 0 Å². The molecule has 0 aromatic carbocycles. The molecule has 1 rings (SSSR count). The van der Waals surface area contributed by atoms with Crippen LogP contribution in [0.5, 0.6) is 0 Å². The Morgan fingerprint density at radius 3 is 2.64 bits per heavy atom. The predicted molar refractivity (Wildman–Crippen MR) is 38.3 cm³/mol. The number of aromatic nitrogens is 1. The van der Waals surface area contributed by atoms with Crippen molar-refractivity contribution in [3.8, 4) is 0 Å². The van der Waals surface area contributed by atoms with Gasteiger partial charge in [-0.3, -0.25) is 0 Å². The van der Waals surface area contributed by atoms with Crippen molar-refractivity contribution in [2.24, 2.45) is 0 Å². The van der Waals surface area contributed by atoms with E-state index in [1.165, 1.54) is 12.3 Å². The first-order valence-electron chi connectivity index (χ1n) is 2.55. The first-order chi connectivity index (χ1) is 4.72. The van der Waals surface area contributed by atoms with Gasteiger partial charge in [0.15, 0.2) is 11.5 Å². The Kier molecular flexibility index (Phi) is 3.80. The number of pyridine rings is 1. The predicted octanol–water partition coefficient (Wildman–Crippen LogP) is 0.270. The number of nitrogens with zero attached hydrogens (tertiary/aromatic N) is 1. The average molecular weight is 149 g/mol. The number of carboxylic acids is 1. The van der Waals surface area contributed by atoms with Crippen LogP contribution in [0.15, 0.2) is 18.3 Å². The van der Waals surface area contributed by atoms with E-state index < -0.39 is 17.5 Å². The van der Waals surface area contributed by atoms with Gasteiger partial charge in [0.05, 0.1) is 0 Å². The second kappa shape index (κ2) is 4.11. The van der Waals surface area contributed by atoms with Crippen molar-refractivity contribution in [3.05, 3.63) is 29.8 Å². The summed E-state index contributed by atoms with van der Waals surface area (Å²) >= 11 is 0. The first-order valence-corrected chi connectivity index (χ1v) is 2.55. The van der Waals surface area contributed by atoms with Crippen LogP contribution in [-0.4, -0.2) is 34.9 Å². The summed E-state index contributed by atoms with van der Waals surface area (Å²) in [4.78, 5) is 13.4. The second-order valence-electron chi connectivity index (χ2n) is 1.64. The Morgan fingerprint density at radius 2 is 2.27 bits per heavy atom. The number of carbonyl (C=O) groups is 1. The zero-order valence-corrected chi connectivity index (χ0v) is 4.91. The summed E-state index contributed by atoms with van der Waals surface area (Å²) in [5.74, 6) is -2.16. The number of rotatable bonds is 1.